The average molecular weight is 293 g/mol. The van der Waals surface area contributed by atoms with E-state index in [2.05, 4.69) is 5.32 Å². The van der Waals surface area contributed by atoms with Crippen molar-refractivity contribution in [2.45, 2.75) is 32.6 Å². The summed E-state index contributed by atoms with van der Waals surface area (Å²) in [5.74, 6) is -2.96. The van der Waals surface area contributed by atoms with Gasteiger partial charge in [0, 0.05) is 6.42 Å². The average Bonchev–Trinajstić information content (AvgIpc) is 2.43. The van der Waals surface area contributed by atoms with Crippen LogP contribution >= 0.6 is 0 Å². The van der Waals surface area contributed by atoms with Gasteiger partial charge in [0.05, 0.1) is 17.2 Å². The van der Waals surface area contributed by atoms with Crippen LogP contribution in [0, 0.1) is 5.92 Å². The van der Waals surface area contributed by atoms with Crippen LogP contribution in [-0.4, -0.2) is 28.1 Å². The van der Waals surface area contributed by atoms with Gasteiger partial charge < -0.3 is 15.5 Å². The number of amides is 1. The summed E-state index contributed by atoms with van der Waals surface area (Å²) < 4.78 is 0. The molecular weight excluding hydrogens is 274 g/mol. The quantitative estimate of drug-likeness (QED) is 0.683. The lowest BCUT2D eigenvalue weighted by atomic mass is 9.98. The molecular formula is C15H19NO5. The first-order valence-corrected chi connectivity index (χ1v) is 6.80. The molecule has 6 nitrogen and oxygen atoms in total. The summed E-state index contributed by atoms with van der Waals surface area (Å²) >= 11 is 0. The highest BCUT2D eigenvalue weighted by atomic mass is 16.4. The molecule has 114 valence electrons. The van der Waals surface area contributed by atoms with Gasteiger partial charge in [0.25, 0.3) is 0 Å². The first-order valence-electron chi connectivity index (χ1n) is 6.80. The number of aromatic carboxylic acids is 1. The Morgan fingerprint density at radius 3 is 2.38 bits per heavy atom. The second-order valence-corrected chi connectivity index (χ2v) is 4.76. The third-order valence-electron chi connectivity index (χ3n) is 3.14. The lowest BCUT2D eigenvalue weighted by molar-refractivity contribution is -0.142. The van der Waals surface area contributed by atoms with Gasteiger partial charge in [0.2, 0.25) is 5.91 Å². The van der Waals surface area contributed by atoms with Crippen LogP contribution in [0.3, 0.4) is 0 Å². The Kier molecular flexibility index (Phi) is 6.39. The van der Waals surface area contributed by atoms with Gasteiger partial charge in [-0.15, -0.1) is 0 Å². The van der Waals surface area contributed by atoms with Crippen molar-refractivity contribution < 1.29 is 24.6 Å². The Labute approximate surface area is 122 Å². The van der Waals surface area contributed by atoms with E-state index in [0.717, 1.165) is 6.42 Å². The summed E-state index contributed by atoms with van der Waals surface area (Å²) in [6.45, 7) is 1.89. The fourth-order valence-electron chi connectivity index (χ4n) is 2.04. The number of carbonyl (C=O) groups excluding carboxylic acids is 1. The molecule has 1 atom stereocenters. The van der Waals surface area contributed by atoms with Crippen LogP contribution in [0.1, 0.15) is 43.0 Å². The van der Waals surface area contributed by atoms with E-state index in [1.807, 2.05) is 6.92 Å². The van der Waals surface area contributed by atoms with Crippen LogP contribution in [-0.2, 0) is 9.59 Å². The van der Waals surface area contributed by atoms with E-state index >= 15 is 0 Å². The Hall–Kier alpha value is -2.37. The summed E-state index contributed by atoms with van der Waals surface area (Å²) in [5, 5.41) is 20.5. The van der Waals surface area contributed by atoms with Gasteiger partial charge in [-0.1, -0.05) is 25.5 Å². The monoisotopic (exact) mass is 293 g/mol. The maximum absolute atomic E-state index is 11.8. The molecule has 0 bridgehead atoms. The van der Waals surface area contributed by atoms with Crippen LogP contribution in [0.4, 0.5) is 5.69 Å². The van der Waals surface area contributed by atoms with Crippen molar-refractivity contribution in [3.8, 4) is 0 Å². The van der Waals surface area contributed by atoms with Crippen molar-refractivity contribution in [2.75, 3.05) is 5.32 Å². The van der Waals surface area contributed by atoms with E-state index in [1.165, 1.54) is 12.1 Å². The maximum Gasteiger partial charge on any atom is 0.337 e. The molecule has 0 heterocycles. The lowest BCUT2D eigenvalue weighted by Gasteiger charge is -2.12. The highest BCUT2D eigenvalue weighted by molar-refractivity contribution is 6.00. The fraction of sp³-hybridized carbons (Fsp3) is 0.400. The minimum absolute atomic E-state index is 0.00851. The van der Waals surface area contributed by atoms with E-state index in [9.17, 15) is 14.4 Å². The standard InChI is InChI=1S/C15H19NO5/c1-2-5-10(14(18)19)8-9-13(17)16-12-7-4-3-6-11(12)15(20)21/h3-4,6-7,10H,2,5,8-9H2,1H3,(H,16,17)(H,18,19)(H,20,21). The molecule has 3 N–H and O–H groups in total. The number of nitrogens with one attached hydrogen (secondary N) is 1. The van der Waals surface area contributed by atoms with Gasteiger partial charge >= 0.3 is 11.9 Å². The van der Waals surface area contributed by atoms with Crippen LogP contribution in [0.15, 0.2) is 24.3 Å². The molecule has 0 aromatic heterocycles. The van der Waals surface area contributed by atoms with E-state index in [1.54, 1.807) is 12.1 Å². The molecule has 0 aliphatic rings. The summed E-state index contributed by atoms with van der Waals surface area (Å²) in [6.07, 6.45) is 1.55. The number of hydrogen-bond acceptors (Lipinski definition) is 3. The zero-order valence-corrected chi connectivity index (χ0v) is 11.8. The second-order valence-electron chi connectivity index (χ2n) is 4.76. The molecule has 6 heteroatoms. The Morgan fingerprint density at radius 2 is 1.81 bits per heavy atom. The van der Waals surface area contributed by atoms with Crippen molar-refractivity contribution >= 4 is 23.5 Å². The molecule has 21 heavy (non-hydrogen) atoms. The van der Waals surface area contributed by atoms with Gasteiger partial charge in [-0.05, 0) is 25.0 Å². The molecule has 0 radical (unpaired) electrons. The molecule has 0 aliphatic carbocycles. The van der Waals surface area contributed by atoms with Gasteiger partial charge in [0.15, 0.2) is 0 Å². The highest BCUT2D eigenvalue weighted by Gasteiger charge is 2.18. The largest absolute Gasteiger partial charge is 0.481 e. The van der Waals surface area contributed by atoms with Crippen molar-refractivity contribution in [1.29, 1.82) is 0 Å². The van der Waals surface area contributed by atoms with Crippen molar-refractivity contribution in [1.82, 2.24) is 0 Å². The van der Waals surface area contributed by atoms with Crippen LogP contribution in [0.2, 0.25) is 0 Å². The maximum atomic E-state index is 11.8. The fourth-order valence-corrected chi connectivity index (χ4v) is 2.04. The Bertz CT molecular complexity index is 527. The summed E-state index contributed by atoms with van der Waals surface area (Å²) in [5.41, 5.74) is 0.228. The molecule has 1 rings (SSSR count). The predicted octanol–water partition coefficient (Wildman–Crippen LogP) is 2.60. The molecule has 0 saturated carbocycles. The van der Waals surface area contributed by atoms with E-state index in [4.69, 9.17) is 10.2 Å². The number of hydrogen-bond donors (Lipinski definition) is 3. The number of carbonyl (C=O) groups is 3. The molecule has 0 saturated heterocycles. The number of rotatable bonds is 8. The van der Waals surface area contributed by atoms with Crippen molar-refractivity contribution in [3.05, 3.63) is 29.8 Å². The zero-order chi connectivity index (χ0) is 15.8. The number of anilines is 1. The van der Waals surface area contributed by atoms with Crippen LogP contribution in [0.5, 0.6) is 0 Å². The number of benzene rings is 1. The zero-order valence-electron chi connectivity index (χ0n) is 11.8. The summed E-state index contributed by atoms with van der Waals surface area (Å²) in [7, 11) is 0. The second kappa shape index (κ2) is 8.04. The van der Waals surface area contributed by atoms with Gasteiger partial charge in [0.1, 0.15) is 0 Å². The molecule has 1 unspecified atom stereocenters. The predicted molar refractivity (Wildman–Crippen MR) is 77.3 cm³/mol. The third kappa shape index (κ3) is 5.25. The SMILES string of the molecule is CCCC(CCC(=O)Nc1ccccc1C(=O)O)C(=O)O. The number of carboxylic acid groups (broad SMARTS) is 2. The lowest BCUT2D eigenvalue weighted by Crippen LogP contribution is -2.19. The topological polar surface area (TPSA) is 104 Å². The van der Waals surface area contributed by atoms with Crippen molar-refractivity contribution in [2.24, 2.45) is 5.92 Å². The minimum atomic E-state index is -1.12. The van der Waals surface area contributed by atoms with E-state index in [-0.39, 0.29) is 30.0 Å². The summed E-state index contributed by atoms with van der Waals surface area (Å²) in [6, 6.07) is 6.09. The molecule has 1 aromatic carbocycles. The smallest absolute Gasteiger partial charge is 0.337 e. The molecule has 0 aliphatic heterocycles. The van der Waals surface area contributed by atoms with E-state index in [0.29, 0.717) is 6.42 Å². The first-order chi connectivity index (χ1) is 9.95. The minimum Gasteiger partial charge on any atom is -0.481 e. The first kappa shape index (κ1) is 16.7. The van der Waals surface area contributed by atoms with Gasteiger partial charge in [-0.2, -0.15) is 0 Å². The Morgan fingerprint density at radius 1 is 1.14 bits per heavy atom. The molecule has 0 spiro atoms. The number of para-hydroxylation sites is 1. The molecule has 1 amide bonds. The molecule has 1 aromatic rings. The van der Waals surface area contributed by atoms with Gasteiger partial charge in [-0.25, -0.2) is 4.79 Å². The Balaban J connectivity index is 2.62. The number of carboxylic acids is 2. The third-order valence-corrected chi connectivity index (χ3v) is 3.14. The number of aliphatic carboxylic acids is 1. The highest BCUT2D eigenvalue weighted by Crippen LogP contribution is 2.17. The molecule has 0 fully saturated rings. The van der Waals surface area contributed by atoms with Crippen molar-refractivity contribution in [3.63, 3.8) is 0 Å². The van der Waals surface area contributed by atoms with Crippen LogP contribution < -0.4 is 5.32 Å². The van der Waals surface area contributed by atoms with Crippen LogP contribution in [0.25, 0.3) is 0 Å². The normalized spacial score (nSPS) is 11.7. The summed E-state index contributed by atoms with van der Waals surface area (Å²) in [4.78, 5) is 33.8. The van der Waals surface area contributed by atoms with E-state index < -0.39 is 17.9 Å². The van der Waals surface area contributed by atoms with Gasteiger partial charge in [-0.3, -0.25) is 9.59 Å².